The zero-order chi connectivity index (χ0) is 17.9. The number of ketones is 1. The van der Waals surface area contributed by atoms with Crippen molar-refractivity contribution in [3.8, 4) is 0 Å². The van der Waals surface area contributed by atoms with Crippen molar-refractivity contribution in [2.45, 2.75) is 36.0 Å². The third-order valence-corrected chi connectivity index (χ3v) is 6.12. The Balaban J connectivity index is 2.30. The molecule has 0 aliphatic carbocycles. The van der Waals surface area contributed by atoms with E-state index in [0.717, 1.165) is 4.90 Å². The lowest BCUT2D eigenvalue weighted by atomic mass is 10.2. The first kappa shape index (κ1) is 18.1. The van der Waals surface area contributed by atoms with Gasteiger partial charge >= 0.3 is 5.97 Å². The number of hydrogen-bond acceptors (Lipinski definition) is 6. The molecule has 0 spiro atoms. The van der Waals surface area contributed by atoms with Gasteiger partial charge in [0.15, 0.2) is 9.84 Å². The van der Waals surface area contributed by atoms with Gasteiger partial charge in [0.1, 0.15) is 11.8 Å². The molecule has 0 saturated carbocycles. The number of benzene rings is 1. The van der Waals surface area contributed by atoms with Crippen molar-refractivity contribution in [3.05, 3.63) is 30.3 Å². The number of nitrogens with zero attached hydrogens (tertiary/aromatic N) is 1. The summed E-state index contributed by atoms with van der Waals surface area (Å²) < 4.78 is 30.1. The average molecular weight is 353 g/mol. The summed E-state index contributed by atoms with van der Waals surface area (Å²) in [6.45, 7) is 1.13. The van der Waals surface area contributed by atoms with Gasteiger partial charge in [-0.2, -0.15) is 0 Å². The second-order valence-corrected chi connectivity index (χ2v) is 7.91. The SMILES string of the molecule is COC(=O)[C@@H]1C[C@@H](S(=O)(=O)c2ccccc2)CN1C(=O)CC(C)=O. The summed E-state index contributed by atoms with van der Waals surface area (Å²) in [6, 6.07) is 6.88. The molecule has 0 unspecified atom stereocenters. The number of Topliss-reactive ketones (excluding diaryl/α,β-unsaturated/α-hetero) is 1. The van der Waals surface area contributed by atoms with E-state index in [4.69, 9.17) is 0 Å². The number of rotatable bonds is 5. The van der Waals surface area contributed by atoms with Crippen LogP contribution in [-0.4, -0.2) is 55.9 Å². The van der Waals surface area contributed by atoms with Gasteiger partial charge in [-0.3, -0.25) is 9.59 Å². The van der Waals surface area contributed by atoms with Gasteiger partial charge in [-0.1, -0.05) is 18.2 Å². The van der Waals surface area contributed by atoms with Crippen LogP contribution in [0.1, 0.15) is 19.8 Å². The monoisotopic (exact) mass is 353 g/mol. The first-order chi connectivity index (χ1) is 11.3. The molecule has 7 nitrogen and oxygen atoms in total. The summed E-state index contributed by atoms with van der Waals surface area (Å²) >= 11 is 0. The lowest BCUT2D eigenvalue weighted by molar-refractivity contribution is -0.151. The van der Waals surface area contributed by atoms with Crippen molar-refractivity contribution in [3.63, 3.8) is 0 Å². The van der Waals surface area contributed by atoms with Crippen LogP contribution in [0.5, 0.6) is 0 Å². The molecule has 130 valence electrons. The van der Waals surface area contributed by atoms with Gasteiger partial charge in [-0.15, -0.1) is 0 Å². The van der Waals surface area contributed by atoms with E-state index in [1.54, 1.807) is 18.2 Å². The van der Waals surface area contributed by atoms with Crippen LogP contribution >= 0.6 is 0 Å². The third-order valence-electron chi connectivity index (χ3n) is 3.97. The van der Waals surface area contributed by atoms with Gasteiger partial charge in [0.2, 0.25) is 5.91 Å². The van der Waals surface area contributed by atoms with E-state index in [-0.39, 0.29) is 30.1 Å². The Bertz CT molecular complexity index is 743. The molecule has 8 heteroatoms. The van der Waals surface area contributed by atoms with E-state index in [1.165, 1.54) is 26.2 Å². The Morgan fingerprint density at radius 1 is 1.21 bits per heavy atom. The lowest BCUT2D eigenvalue weighted by Crippen LogP contribution is -2.41. The van der Waals surface area contributed by atoms with Crippen LogP contribution in [-0.2, 0) is 29.0 Å². The number of esters is 1. The van der Waals surface area contributed by atoms with Crippen molar-refractivity contribution < 1.29 is 27.5 Å². The molecule has 0 aromatic heterocycles. The molecule has 1 aromatic rings. The van der Waals surface area contributed by atoms with Gasteiger partial charge in [0.05, 0.1) is 23.7 Å². The molecule has 1 aromatic carbocycles. The van der Waals surface area contributed by atoms with E-state index in [1.807, 2.05) is 0 Å². The quantitative estimate of drug-likeness (QED) is 0.567. The second kappa shape index (κ2) is 7.12. The summed E-state index contributed by atoms with van der Waals surface area (Å²) in [4.78, 5) is 36.6. The predicted molar refractivity (Wildman–Crippen MR) is 84.8 cm³/mol. The third kappa shape index (κ3) is 3.64. The minimum Gasteiger partial charge on any atom is -0.467 e. The van der Waals surface area contributed by atoms with Crippen molar-refractivity contribution >= 4 is 27.5 Å². The van der Waals surface area contributed by atoms with Crippen LogP contribution < -0.4 is 0 Å². The van der Waals surface area contributed by atoms with Gasteiger partial charge < -0.3 is 9.64 Å². The number of ether oxygens (including phenoxy) is 1. The molecule has 1 aliphatic heterocycles. The lowest BCUT2D eigenvalue weighted by Gasteiger charge is -2.22. The highest BCUT2D eigenvalue weighted by molar-refractivity contribution is 7.92. The van der Waals surface area contributed by atoms with Crippen molar-refractivity contribution in [2.24, 2.45) is 0 Å². The van der Waals surface area contributed by atoms with Gasteiger partial charge in [-0.05, 0) is 25.5 Å². The minimum atomic E-state index is -3.69. The molecular formula is C16H19NO6S. The molecule has 24 heavy (non-hydrogen) atoms. The zero-order valence-corrected chi connectivity index (χ0v) is 14.3. The van der Waals surface area contributed by atoms with Crippen LogP contribution in [0.4, 0.5) is 0 Å². The van der Waals surface area contributed by atoms with Crippen molar-refractivity contribution in [1.29, 1.82) is 0 Å². The average Bonchev–Trinajstić information content (AvgIpc) is 3.00. The number of sulfone groups is 1. The Kier molecular flexibility index (Phi) is 5.38. The topological polar surface area (TPSA) is 97.8 Å². The van der Waals surface area contributed by atoms with Crippen LogP contribution in [0.3, 0.4) is 0 Å². The largest absolute Gasteiger partial charge is 0.467 e. The number of likely N-dealkylation sites (tertiary alicyclic amines) is 1. The number of carbonyl (C=O) groups excluding carboxylic acids is 3. The molecule has 2 atom stereocenters. The summed E-state index contributed by atoms with van der Waals surface area (Å²) in [6.07, 6.45) is -0.418. The van der Waals surface area contributed by atoms with Gasteiger partial charge in [0.25, 0.3) is 0 Å². The Hall–Kier alpha value is -2.22. The summed E-state index contributed by atoms with van der Waals surface area (Å²) in [5.74, 6) is -1.60. The normalized spacial score (nSPS) is 20.7. The molecule has 0 bridgehead atoms. The molecule has 1 heterocycles. The first-order valence-corrected chi connectivity index (χ1v) is 8.97. The maximum absolute atomic E-state index is 12.7. The van der Waals surface area contributed by atoms with Crippen LogP contribution in [0.25, 0.3) is 0 Å². The molecule has 2 rings (SSSR count). The highest BCUT2D eigenvalue weighted by Crippen LogP contribution is 2.29. The Morgan fingerprint density at radius 3 is 2.38 bits per heavy atom. The van der Waals surface area contributed by atoms with Crippen molar-refractivity contribution in [1.82, 2.24) is 4.90 Å². The molecule has 1 saturated heterocycles. The number of hydrogen-bond donors (Lipinski definition) is 0. The zero-order valence-electron chi connectivity index (χ0n) is 13.5. The number of carbonyl (C=O) groups is 3. The van der Waals surface area contributed by atoms with Crippen molar-refractivity contribution in [2.75, 3.05) is 13.7 Å². The number of amides is 1. The maximum Gasteiger partial charge on any atom is 0.328 e. The second-order valence-electron chi connectivity index (χ2n) is 5.68. The summed E-state index contributed by atoms with van der Waals surface area (Å²) in [5.41, 5.74) is 0. The standard InChI is InChI=1S/C16H19NO6S/c1-11(18)8-15(19)17-10-13(9-14(17)16(20)23-2)24(21,22)12-6-4-3-5-7-12/h3-7,13-14H,8-10H2,1-2H3/t13-,14+/m1/s1. The van der Waals surface area contributed by atoms with E-state index in [9.17, 15) is 22.8 Å². The molecule has 1 fully saturated rings. The van der Waals surface area contributed by atoms with Crippen LogP contribution in [0, 0.1) is 0 Å². The molecule has 0 N–H and O–H groups in total. The van der Waals surface area contributed by atoms with E-state index in [2.05, 4.69) is 4.74 Å². The highest BCUT2D eigenvalue weighted by Gasteiger charge is 2.45. The predicted octanol–water partition coefficient (Wildman–Crippen LogP) is 0.582. The molecule has 1 amide bonds. The van der Waals surface area contributed by atoms with Gasteiger partial charge in [-0.25, -0.2) is 13.2 Å². The van der Waals surface area contributed by atoms with Crippen LogP contribution in [0.15, 0.2) is 35.2 Å². The van der Waals surface area contributed by atoms with E-state index >= 15 is 0 Å². The fourth-order valence-corrected chi connectivity index (χ4v) is 4.49. The fraction of sp³-hybridized carbons (Fsp3) is 0.438. The Labute approximate surface area is 140 Å². The summed E-state index contributed by atoms with van der Waals surface area (Å²) in [7, 11) is -2.52. The van der Waals surface area contributed by atoms with Crippen LogP contribution in [0.2, 0.25) is 0 Å². The molecule has 1 aliphatic rings. The summed E-state index contributed by atoms with van der Waals surface area (Å²) in [5, 5.41) is -0.917. The van der Waals surface area contributed by atoms with E-state index < -0.39 is 33.0 Å². The van der Waals surface area contributed by atoms with Gasteiger partial charge in [0, 0.05) is 6.54 Å². The maximum atomic E-state index is 12.7. The first-order valence-electron chi connectivity index (χ1n) is 7.43. The molecule has 0 radical (unpaired) electrons. The van der Waals surface area contributed by atoms with E-state index in [0.29, 0.717) is 0 Å². The molecular weight excluding hydrogens is 334 g/mol. The fourth-order valence-electron chi connectivity index (χ4n) is 2.77. The Morgan fingerprint density at radius 2 is 1.83 bits per heavy atom. The highest BCUT2D eigenvalue weighted by atomic mass is 32.2. The smallest absolute Gasteiger partial charge is 0.328 e. The number of methoxy groups -OCH3 is 1. The minimum absolute atomic E-state index is 0.0481.